The first-order valence-corrected chi connectivity index (χ1v) is 7.68. The molecule has 0 saturated heterocycles. The van der Waals surface area contributed by atoms with Gasteiger partial charge in [-0.05, 0) is 37.0 Å². The minimum atomic E-state index is -0.618. The molecule has 0 radical (unpaired) electrons. The van der Waals surface area contributed by atoms with E-state index in [-0.39, 0.29) is 24.6 Å². The Morgan fingerprint density at radius 2 is 1.86 bits per heavy atom. The molecule has 6 heteroatoms. The lowest BCUT2D eigenvalue weighted by Gasteiger charge is -2.30. The standard InChI is InChI=1S/C16H22F2N2O2/c17-13-7-11(8-14(18)9-13)5-6-19-16(22)20-15-4-2-1-3-12(15)10-21/h7-9,12,15,21H,1-6,10H2,(H2,19,20,22). The Kier molecular flexibility index (Phi) is 6.12. The average molecular weight is 312 g/mol. The summed E-state index contributed by atoms with van der Waals surface area (Å²) in [6.07, 6.45) is 4.27. The molecule has 0 aromatic heterocycles. The fourth-order valence-corrected chi connectivity index (χ4v) is 2.91. The highest BCUT2D eigenvalue weighted by Crippen LogP contribution is 2.23. The zero-order valence-corrected chi connectivity index (χ0v) is 12.4. The van der Waals surface area contributed by atoms with Crippen molar-refractivity contribution >= 4 is 6.03 Å². The van der Waals surface area contributed by atoms with Crippen LogP contribution in [0.1, 0.15) is 31.2 Å². The Morgan fingerprint density at radius 3 is 2.55 bits per heavy atom. The molecule has 0 bridgehead atoms. The zero-order chi connectivity index (χ0) is 15.9. The van der Waals surface area contributed by atoms with Gasteiger partial charge in [0.05, 0.1) is 0 Å². The van der Waals surface area contributed by atoms with Crippen molar-refractivity contribution in [1.82, 2.24) is 10.6 Å². The second-order valence-corrected chi connectivity index (χ2v) is 5.76. The minimum Gasteiger partial charge on any atom is -0.396 e. The van der Waals surface area contributed by atoms with E-state index in [0.29, 0.717) is 18.5 Å². The number of aliphatic hydroxyl groups excluding tert-OH is 1. The lowest BCUT2D eigenvalue weighted by Crippen LogP contribution is -2.48. The van der Waals surface area contributed by atoms with Crippen molar-refractivity contribution in [1.29, 1.82) is 0 Å². The maximum absolute atomic E-state index is 13.0. The van der Waals surface area contributed by atoms with Crippen molar-refractivity contribution in [2.45, 2.75) is 38.1 Å². The summed E-state index contributed by atoms with van der Waals surface area (Å²) in [5, 5.41) is 14.9. The topological polar surface area (TPSA) is 61.4 Å². The maximum Gasteiger partial charge on any atom is 0.315 e. The normalized spacial score (nSPS) is 21.4. The van der Waals surface area contributed by atoms with Gasteiger partial charge in [-0.2, -0.15) is 0 Å². The van der Waals surface area contributed by atoms with Gasteiger partial charge < -0.3 is 15.7 Å². The summed E-state index contributed by atoms with van der Waals surface area (Å²) >= 11 is 0. The molecule has 2 atom stereocenters. The van der Waals surface area contributed by atoms with Gasteiger partial charge in [0.15, 0.2) is 0 Å². The molecule has 0 heterocycles. The van der Waals surface area contributed by atoms with E-state index in [4.69, 9.17) is 0 Å². The van der Waals surface area contributed by atoms with Crippen LogP contribution < -0.4 is 10.6 Å². The van der Waals surface area contributed by atoms with Gasteiger partial charge in [0.1, 0.15) is 11.6 Å². The number of amides is 2. The van der Waals surface area contributed by atoms with Crippen LogP contribution in [0.3, 0.4) is 0 Å². The second-order valence-electron chi connectivity index (χ2n) is 5.76. The predicted molar refractivity (Wildman–Crippen MR) is 79.4 cm³/mol. The monoisotopic (exact) mass is 312 g/mol. The summed E-state index contributed by atoms with van der Waals surface area (Å²) in [6, 6.07) is 3.02. The highest BCUT2D eigenvalue weighted by Gasteiger charge is 2.25. The third-order valence-corrected chi connectivity index (χ3v) is 4.08. The summed E-state index contributed by atoms with van der Waals surface area (Å²) in [5.41, 5.74) is 0.503. The average Bonchev–Trinajstić information content (AvgIpc) is 2.46. The van der Waals surface area contributed by atoms with Gasteiger partial charge in [-0.1, -0.05) is 12.8 Å². The molecule has 1 fully saturated rings. The van der Waals surface area contributed by atoms with Crippen molar-refractivity contribution in [3.63, 3.8) is 0 Å². The van der Waals surface area contributed by atoms with Crippen LogP contribution in [0, 0.1) is 17.6 Å². The van der Waals surface area contributed by atoms with Crippen LogP contribution in [0.4, 0.5) is 13.6 Å². The van der Waals surface area contributed by atoms with E-state index in [1.54, 1.807) is 0 Å². The number of carbonyl (C=O) groups excluding carboxylic acids is 1. The molecule has 1 saturated carbocycles. The molecule has 2 amide bonds. The molecule has 1 aromatic rings. The number of hydrogen-bond acceptors (Lipinski definition) is 2. The Hall–Kier alpha value is -1.69. The first kappa shape index (κ1) is 16.7. The fourth-order valence-electron chi connectivity index (χ4n) is 2.91. The van der Waals surface area contributed by atoms with Crippen LogP contribution in [0.15, 0.2) is 18.2 Å². The lowest BCUT2D eigenvalue weighted by atomic mass is 9.85. The van der Waals surface area contributed by atoms with Gasteiger partial charge in [-0.15, -0.1) is 0 Å². The van der Waals surface area contributed by atoms with Gasteiger partial charge in [0, 0.05) is 31.2 Å². The predicted octanol–water partition coefficient (Wildman–Crippen LogP) is 2.36. The molecule has 3 N–H and O–H groups in total. The van der Waals surface area contributed by atoms with Gasteiger partial charge in [-0.25, -0.2) is 13.6 Å². The highest BCUT2D eigenvalue weighted by molar-refractivity contribution is 5.74. The van der Waals surface area contributed by atoms with Gasteiger partial charge in [0.25, 0.3) is 0 Å². The van der Waals surface area contributed by atoms with E-state index < -0.39 is 11.6 Å². The van der Waals surface area contributed by atoms with Crippen molar-refractivity contribution in [3.05, 3.63) is 35.4 Å². The fraction of sp³-hybridized carbons (Fsp3) is 0.562. The summed E-state index contributed by atoms with van der Waals surface area (Å²) < 4.78 is 26.1. The van der Waals surface area contributed by atoms with Crippen molar-refractivity contribution < 1.29 is 18.7 Å². The second kappa shape index (κ2) is 8.08. The Balaban J connectivity index is 1.75. The van der Waals surface area contributed by atoms with E-state index in [0.717, 1.165) is 31.7 Å². The third kappa shape index (κ3) is 4.94. The molecule has 4 nitrogen and oxygen atoms in total. The lowest BCUT2D eigenvalue weighted by molar-refractivity contribution is 0.154. The molecule has 1 aromatic carbocycles. The van der Waals surface area contributed by atoms with Crippen LogP contribution in [-0.2, 0) is 6.42 Å². The first-order chi connectivity index (χ1) is 10.6. The number of rotatable bonds is 5. The van der Waals surface area contributed by atoms with E-state index in [1.165, 1.54) is 12.1 Å². The Morgan fingerprint density at radius 1 is 1.18 bits per heavy atom. The molecule has 0 aliphatic heterocycles. The minimum absolute atomic E-state index is 0.00892. The number of aliphatic hydroxyl groups is 1. The van der Waals surface area contributed by atoms with Crippen molar-refractivity contribution in [3.8, 4) is 0 Å². The number of halogens is 2. The van der Waals surface area contributed by atoms with Crippen molar-refractivity contribution in [2.75, 3.05) is 13.2 Å². The number of carbonyl (C=O) groups is 1. The van der Waals surface area contributed by atoms with E-state index >= 15 is 0 Å². The molecule has 22 heavy (non-hydrogen) atoms. The quantitative estimate of drug-likeness (QED) is 0.781. The van der Waals surface area contributed by atoms with E-state index in [2.05, 4.69) is 10.6 Å². The number of urea groups is 1. The summed E-state index contributed by atoms with van der Waals surface area (Å²) in [6.45, 7) is 0.374. The summed E-state index contributed by atoms with van der Waals surface area (Å²) in [7, 11) is 0. The molecule has 122 valence electrons. The molecule has 2 unspecified atom stereocenters. The first-order valence-electron chi connectivity index (χ1n) is 7.68. The van der Waals surface area contributed by atoms with Crippen LogP contribution >= 0.6 is 0 Å². The Labute approximate surface area is 128 Å². The summed E-state index contributed by atoms with van der Waals surface area (Å²) in [4.78, 5) is 11.8. The van der Waals surface area contributed by atoms with Gasteiger partial charge in [-0.3, -0.25) is 0 Å². The van der Waals surface area contributed by atoms with E-state index in [1.807, 2.05) is 0 Å². The van der Waals surface area contributed by atoms with Gasteiger partial charge in [0.2, 0.25) is 0 Å². The zero-order valence-electron chi connectivity index (χ0n) is 12.4. The molecule has 1 aliphatic carbocycles. The SMILES string of the molecule is O=C(NCCc1cc(F)cc(F)c1)NC1CCCCC1CO. The number of nitrogens with one attached hydrogen (secondary N) is 2. The number of benzene rings is 1. The van der Waals surface area contributed by atoms with Crippen LogP contribution in [0.5, 0.6) is 0 Å². The molecule has 0 spiro atoms. The molecule has 2 rings (SSSR count). The molecular formula is C16H22F2N2O2. The third-order valence-electron chi connectivity index (χ3n) is 4.08. The highest BCUT2D eigenvalue weighted by atomic mass is 19.1. The van der Waals surface area contributed by atoms with E-state index in [9.17, 15) is 18.7 Å². The summed E-state index contributed by atoms with van der Waals surface area (Å²) in [5.74, 6) is -1.13. The largest absolute Gasteiger partial charge is 0.396 e. The van der Waals surface area contributed by atoms with Gasteiger partial charge >= 0.3 is 6.03 Å². The number of hydrogen-bond donors (Lipinski definition) is 3. The maximum atomic E-state index is 13.0. The van der Waals surface area contributed by atoms with Crippen LogP contribution in [0.25, 0.3) is 0 Å². The van der Waals surface area contributed by atoms with Crippen LogP contribution in [-0.4, -0.2) is 30.3 Å². The van der Waals surface area contributed by atoms with Crippen molar-refractivity contribution in [2.24, 2.45) is 5.92 Å². The van der Waals surface area contributed by atoms with Crippen LogP contribution in [0.2, 0.25) is 0 Å². The molecular weight excluding hydrogens is 290 g/mol. The smallest absolute Gasteiger partial charge is 0.315 e. The Bertz CT molecular complexity index is 491. The molecule has 1 aliphatic rings.